The third kappa shape index (κ3) is 49.2. The maximum atomic E-state index is 12.2. The quantitative estimate of drug-likeness (QED) is 0.0194. The van der Waals surface area contributed by atoms with E-state index < -0.39 is 52.0 Å². The van der Waals surface area contributed by atoms with Gasteiger partial charge in [-0.05, 0) is 121 Å². The summed E-state index contributed by atoms with van der Waals surface area (Å²) in [7, 11) is -7.06. The van der Waals surface area contributed by atoms with Crippen molar-refractivity contribution < 1.29 is 126 Å². The second-order valence-electron chi connectivity index (χ2n) is 31.8. The van der Waals surface area contributed by atoms with Crippen LogP contribution in [0.5, 0.6) is 0 Å². The number of carbonyl (C=O) groups is 4. The summed E-state index contributed by atoms with van der Waals surface area (Å²) in [5.41, 5.74) is -0.948. The minimum absolute atomic E-state index is 0.000152. The summed E-state index contributed by atoms with van der Waals surface area (Å²) in [6.07, 6.45) is 9.04. The fourth-order valence-electron chi connectivity index (χ4n) is 13.4. The van der Waals surface area contributed by atoms with Crippen molar-refractivity contribution in [2.24, 2.45) is 52.8 Å². The van der Waals surface area contributed by atoms with Crippen molar-refractivity contribution in [3.8, 4) is 6.07 Å². The average Bonchev–Trinajstić information content (AvgIpc) is 1.49. The van der Waals surface area contributed by atoms with Crippen LogP contribution in [0.4, 0.5) is 0 Å². The molecular weight excluding hydrogens is 1650 g/mol. The maximum Gasteiger partial charge on any atom is 0.332 e. The lowest BCUT2D eigenvalue weighted by atomic mass is 9.79. The predicted octanol–water partition coefficient (Wildman–Crippen LogP) is 16.3. The van der Waals surface area contributed by atoms with E-state index in [2.05, 4.69) is 99.8 Å². The molecule has 0 aromatic carbocycles. The van der Waals surface area contributed by atoms with Crippen LogP contribution in [0.15, 0.2) is 0 Å². The number of nitrogens with zero attached hydrogens (tertiary/aromatic N) is 5. The van der Waals surface area contributed by atoms with Crippen molar-refractivity contribution >= 4 is 58.1 Å². The molecule has 0 saturated carbocycles. The number of amides is 1. The van der Waals surface area contributed by atoms with E-state index in [4.69, 9.17) is 126 Å². The van der Waals surface area contributed by atoms with Crippen LogP contribution >= 0.6 is 34.3 Å². The first-order valence-corrected chi connectivity index (χ1v) is 48.1. The zero-order chi connectivity index (χ0) is 89.0. The number of hydrogen-bond donors (Lipinski definition) is 1. The number of esters is 3. The summed E-state index contributed by atoms with van der Waals surface area (Å²) in [5.74, 6) is 0.189. The topological polar surface area (TPSA) is 333 Å². The van der Waals surface area contributed by atoms with Crippen molar-refractivity contribution in [2.45, 2.75) is 269 Å². The van der Waals surface area contributed by atoms with Gasteiger partial charge in [0.25, 0.3) is 8.53 Å². The van der Waals surface area contributed by atoms with E-state index in [0.29, 0.717) is 77.2 Å². The van der Waals surface area contributed by atoms with Gasteiger partial charge in [-0.3, -0.25) is 19.2 Å². The first kappa shape index (κ1) is 112. The molecule has 3 rings (SSSR count). The number of carbonyl (C=O) groups excluding carboxylic acids is 4. The Balaban J connectivity index is 1.73. The molecule has 121 heavy (non-hydrogen) atoms. The Morgan fingerprint density at radius 1 is 0.388 bits per heavy atom. The van der Waals surface area contributed by atoms with Gasteiger partial charge in [-0.15, -0.1) is 0 Å². The summed E-state index contributed by atoms with van der Waals surface area (Å²) in [6.45, 7) is 58.9. The van der Waals surface area contributed by atoms with Gasteiger partial charge in [0.2, 0.25) is 25.5 Å². The van der Waals surface area contributed by atoms with E-state index >= 15 is 0 Å². The van der Waals surface area contributed by atoms with Crippen LogP contribution in [0.2, 0.25) is 0 Å². The number of ether oxygens (including phenoxy) is 12. The molecule has 3 heterocycles. The van der Waals surface area contributed by atoms with E-state index in [9.17, 15) is 24.4 Å². The third-order valence-electron chi connectivity index (χ3n) is 21.3. The molecule has 0 radical (unpaired) electrons. The van der Waals surface area contributed by atoms with Crippen molar-refractivity contribution in [1.29, 1.82) is 5.26 Å². The Hall–Kier alpha value is -3.28. The van der Waals surface area contributed by atoms with Crippen LogP contribution in [0.3, 0.4) is 0 Å². The number of nitriles is 1. The van der Waals surface area contributed by atoms with E-state index in [1.807, 2.05) is 13.8 Å². The highest BCUT2D eigenvalue weighted by Gasteiger charge is 2.45. The lowest BCUT2D eigenvalue weighted by Gasteiger charge is -2.44. The average molecular weight is 1800 g/mol. The molecule has 3 aliphatic heterocycles. The normalized spacial score (nSPS) is 24.6. The molecule has 10 unspecified atom stereocenters. The van der Waals surface area contributed by atoms with Gasteiger partial charge in [0, 0.05) is 91.3 Å². The molecule has 3 fully saturated rings. The second-order valence-corrected chi connectivity index (χ2v) is 37.0. The molecule has 0 spiro atoms. The first-order chi connectivity index (χ1) is 58.2. The maximum absolute atomic E-state index is 12.2. The summed E-state index contributed by atoms with van der Waals surface area (Å²) in [5, 5.41) is 12.6. The van der Waals surface area contributed by atoms with Crippen LogP contribution < -0.4 is 5.32 Å². The summed E-state index contributed by atoms with van der Waals surface area (Å²) < 4.78 is 143. The highest BCUT2D eigenvalue weighted by Crippen LogP contribution is 2.48. The van der Waals surface area contributed by atoms with E-state index in [1.54, 1.807) is 0 Å². The minimum atomic E-state index is -1.80. The molecule has 0 aliphatic carbocycles. The Morgan fingerprint density at radius 2 is 0.702 bits per heavy atom. The molecule has 19 atom stereocenters. The second kappa shape index (κ2) is 68.8. The molecule has 698 valence electrons. The van der Waals surface area contributed by atoms with Gasteiger partial charge >= 0.3 is 43.7 Å². The highest BCUT2D eigenvalue weighted by molar-refractivity contribution is 7.44. The highest BCUT2D eigenvalue weighted by atomic mass is 31.2. The Kier molecular flexibility index (Phi) is 63.6. The largest absolute Gasteiger partial charge is 0.463 e. The minimum Gasteiger partial charge on any atom is -0.463 e. The molecule has 33 nitrogen and oxygen atoms in total. The fraction of sp³-hybridized carbons (Fsp3) is 0.905. The SMILES string of the molecule is [C-]#[N+]CCOP(OCCCCCCO[C@@H]1OC(COC(C)=O)[C@H](C)[C@H](C)C1C)OCCCOCC(COCCCOP(OCCCCCCO[C@@H]1OC(COC(C)=O)[C@H](C)[C@H](C)C1C)OCC[N+]#[C-])(COCCCOP(OCCCCCCO[C@@H]1OC(COC(C)=O)[C@H](C)[C@H](C)C1NC(C)=O)OCC[N+]#[C-])COP(OCCC#N)N(C(C)C)C(C)C. The molecular formula is C84H150N6O27P4. The van der Waals surface area contributed by atoms with Gasteiger partial charge < -0.3 is 126 Å². The monoisotopic (exact) mass is 1800 g/mol. The molecule has 0 aromatic rings. The fourth-order valence-corrected chi connectivity index (χ4v) is 18.2. The Morgan fingerprint density at radius 3 is 1.02 bits per heavy atom. The summed E-state index contributed by atoms with van der Waals surface area (Å²) in [6, 6.07) is 1.84. The number of nitrogens with one attached hydrogen (secondary N) is 1. The van der Waals surface area contributed by atoms with Crippen LogP contribution in [-0.4, -0.2) is 255 Å². The van der Waals surface area contributed by atoms with Crippen molar-refractivity contribution in [2.75, 3.05) is 172 Å². The van der Waals surface area contributed by atoms with Gasteiger partial charge in [-0.25, -0.2) is 24.4 Å². The van der Waals surface area contributed by atoms with Crippen molar-refractivity contribution in [3.63, 3.8) is 0 Å². The van der Waals surface area contributed by atoms with Gasteiger partial charge in [0.15, 0.2) is 18.9 Å². The lowest BCUT2D eigenvalue weighted by molar-refractivity contribution is -0.255. The third-order valence-corrected chi connectivity index (χ3v) is 26.9. The lowest BCUT2D eigenvalue weighted by Crippen LogP contribution is -2.58. The summed E-state index contributed by atoms with van der Waals surface area (Å²) >= 11 is 0. The number of unbranched alkanes of at least 4 members (excludes halogenated alkanes) is 9. The van der Waals surface area contributed by atoms with Gasteiger partial charge in [-0.2, -0.15) is 5.26 Å². The van der Waals surface area contributed by atoms with Crippen molar-refractivity contribution in [3.05, 3.63) is 34.3 Å². The molecule has 0 aromatic heterocycles. The van der Waals surface area contributed by atoms with E-state index in [1.165, 1.54) is 27.7 Å². The standard InChI is InChI=1S/C84H150N6O27P4/c1-63(2)90(64(3)4)118(104-49-32-36-85)114-62-84(59-95-40-33-50-108-119(111-53-37-86-17)105-46-29-23-20-26-43-98-81-71(11)65(5)67(7)77(115-81)56-101-74(14)92,60-96-41-34-51-109-120(112-54-38-87-18)106-47-30-24-21-27-44-99-82-72(12)66(6)68(8)78(116-82)57-102-75(15)93)61-97-42-35-52-110-121(113-55-39-88-19)107-48-31-25-22-28-45-100-83-80(89-73(13)91)70(10)69(9)79(117-83)58-103-76(16)94/h63-72,77-83H,20-35,37-62H2,1-16H3,(H,89,91)/t65-,66-,67+,68+,69+,70-,71?,72?,77?,78?,79?,80?,81+,82+,83+,84?,118?,119?,120?,121?/m0/s1. The molecule has 3 saturated heterocycles. The van der Waals surface area contributed by atoms with Crippen LogP contribution in [0, 0.1) is 83.8 Å². The molecule has 1 amide bonds. The smallest absolute Gasteiger partial charge is 0.332 e. The summed E-state index contributed by atoms with van der Waals surface area (Å²) in [4.78, 5) is 57.3. The van der Waals surface area contributed by atoms with Gasteiger partial charge in [0.05, 0.1) is 115 Å². The predicted molar refractivity (Wildman–Crippen MR) is 459 cm³/mol. The Labute approximate surface area is 729 Å². The number of hydrogen-bond acceptors (Lipinski definition) is 29. The van der Waals surface area contributed by atoms with E-state index in [-0.39, 0.29) is 241 Å². The van der Waals surface area contributed by atoms with Crippen LogP contribution in [0.1, 0.15) is 214 Å². The zero-order valence-electron chi connectivity index (χ0n) is 75.6. The molecule has 1 N–H and O–H groups in total. The molecule has 0 bridgehead atoms. The van der Waals surface area contributed by atoms with Gasteiger partial charge in [-0.1, -0.05) is 93.9 Å². The van der Waals surface area contributed by atoms with Gasteiger partial charge in [0.1, 0.15) is 39.6 Å². The van der Waals surface area contributed by atoms with E-state index in [0.717, 1.165) is 70.6 Å². The first-order valence-electron chi connectivity index (χ1n) is 43.7. The Bertz CT molecular complexity index is 2780. The molecule has 3 aliphatic rings. The van der Waals surface area contributed by atoms with Crippen molar-refractivity contribution in [1.82, 2.24) is 9.99 Å². The van der Waals surface area contributed by atoms with Crippen LogP contribution in [0.25, 0.3) is 14.5 Å². The molecule has 37 heteroatoms. The van der Waals surface area contributed by atoms with Crippen LogP contribution in [-0.2, 0) is 126 Å². The zero-order valence-corrected chi connectivity index (χ0v) is 79.1. The number of rotatable bonds is 73.